The van der Waals surface area contributed by atoms with E-state index < -0.39 is 0 Å². The Hall–Kier alpha value is -1.59. The number of likely N-dealkylation sites (tertiary alicyclic amines) is 1. The zero-order valence-corrected chi connectivity index (χ0v) is 14.3. The monoisotopic (exact) mass is 331 g/mol. The fourth-order valence-corrected chi connectivity index (χ4v) is 3.75. The van der Waals surface area contributed by atoms with Gasteiger partial charge in [0.15, 0.2) is 0 Å². The van der Waals surface area contributed by atoms with Crippen LogP contribution in [-0.4, -0.2) is 48.1 Å². The second-order valence-electron chi connectivity index (χ2n) is 7.11. The number of aromatic hydroxyl groups is 1. The van der Waals surface area contributed by atoms with Gasteiger partial charge in [-0.1, -0.05) is 12.1 Å². The van der Waals surface area contributed by atoms with E-state index >= 15 is 0 Å². The number of carbonyl (C=O) groups excluding carboxylic acids is 1. The lowest BCUT2D eigenvalue weighted by Crippen LogP contribution is -2.46. The average molecular weight is 331 g/mol. The summed E-state index contributed by atoms with van der Waals surface area (Å²) in [7, 11) is 0. The predicted octanol–water partition coefficient (Wildman–Crippen LogP) is 1.86. The Kier molecular flexibility index (Phi) is 6.10. The van der Waals surface area contributed by atoms with E-state index in [1.54, 1.807) is 6.07 Å². The van der Waals surface area contributed by atoms with Gasteiger partial charge in [0.1, 0.15) is 5.75 Å². The van der Waals surface area contributed by atoms with Gasteiger partial charge in [-0.2, -0.15) is 0 Å². The van der Waals surface area contributed by atoms with E-state index in [1.165, 1.54) is 0 Å². The third-order valence-electron chi connectivity index (χ3n) is 5.20. The number of benzene rings is 1. The van der Waals surface area contributed by atoms with Gasteiger partial charge in [-0.05, 0) is 62.9 Å². The minimum Gasteiger partial charge on any atom is -0.508 e. The lowest BCUT2D eigenvalue weighted by Gasteiger charge is -2.33. The highest BCUT2D eigenvalue weighted by atomic mass is 16.3. The molecular formula is C19H29N3O2. The van der Waals surface area contributed by atoms with E-state index in [1.807, 2.05) is 18.2 Å². The van der Waals surface area contributed by atoms with Crippen LogP contribution in [-0.2, 0) is 11.3 Å². The van der Waals surface area contributed by atoms with Crippen molar-refractivity contribution in [3.63, 3.8) is 0 Å². The first kappa shape index (κ1) is 17.2. The van der Waals surface area contributed by atoms with Crippen LogP contribution in [0.15, 0.2) is 24.3 Å². The lowest BCUT2D eigenvalue weighted by atomic mass is 9.97. The Bertz CT molecular complexity index is 533. The molecule has 0 aromatic heterocycles. The van der Waals surface area contributed by atoms with Crippen molar-refractivity contribution in [1.82, 2.24) is 15.5 Å². The molecule has 2 heterocycles. The van der Waals surface area contributed by atoms with Gasteiger partial charge in [0, 0.05) is 31.6 Å². The summed E-state index contributed by atoms with van der Waals surface area (Å²) >= 11 is 0. The van der Waals surface area contributed by atoms with Crippen molar-refractivity contribution < 1.29 is 9.90 Å². The van der Waals surface area contributed by atoms with Gasteiger partial charge in [-0.3, -0.25) is 9.69 Å². The molecule has 2 aliphatic rings. The van der Waals surface area contributed by atoms with E-state index in [2.05, 4.69) is 15.5 Å². The number of amides is 1. The van der Waals surface area contributed by atoms with E-state index in [4.69, 9.17) is 0 Å². The van der Waals surface area contributed by atoms with Crippen LogP contribution < -0.4 is 10.6 Å². The van der Waals surface area contributed by atoms with Crippen LogP contribution in [0.25, 0.3) is 0 Å². The van der Waals surface area contributed by atoms with Crippen molar-refractivity contribution in [2.45, 2.75) is 44.7 Å². The zero-order valence-electron chi connectivity index (χ0n) is 14.3. The van der Waals surface area contributed by atoms with Crippen LogP contribution in [0, 0.1) is 5.92 Å². The number of phenolic OH excluding ortho intramolecular Hbond substituents is 1. The molecule has 24 heavy (non-hydrogen) atoms. The summed E-state index contributed by atoms with van der Waals surface area (Å²) in [4.78, 5) is 14.8. The van der Waals surface area contributed by atoms with Crippen molar-refractivity contribution in [2.75, 3.05) is 26.2 Å². The van der Waals surface area contributed by atoms with Crippen LogP contribution in [0.4, 0.5) is 0 Å². The van der Waals surface area contributed by atoms with Gasteiger partial charge in [-0.15, -0.1) is 0 Å². The molecule has 0 spiro atoms. The molecule has 3 N–H and O–H groups in total. The summed E-state index contributed by atoms with van der Waals surface area (Å²) in [5.74, 6) is 0.767. The Morgan fingerprint density at radius 1 is 1.21 bits per heavy atom. The van der Waals surface area contributed by atoms with Crippen molar-refractivity contribution in [1.29, 1.82) is 0 Å². The number of hydrogen-bond acceptors (Lipinski definition) is 4. The van der Waals surface area contributed by atoms with E-state index in [0.717, 1.165) is 70.4 Å². The number of carbonyl (C=O) groups is 1. The molecule has 3 rings (SSSR count). The van der Waals surface area contributed by atoms with Crippen LogP contribution in [0.1, 0.15) is 37.7 Å². The fourth-order valence-electron chi connectivity index (χ4n) is 3.75. The molecular weight excluding hydrogens is 302 g/mol. The molecule has 1 aromatic rings. The minimum absolute atomic E-state index is 0.185. The quantitative estimate of drug-likeness (QED) is 0.788. The summed E-state index contributed by atoms with van der Waals surface area (Å²) in [5, 5.41) is 16.2. The van der Waals surface area contributed by atoms with Gasteiger partial charge in [0.05, 0.1) is 0 Å². The molecule has 5 nitrogen and oxygen atoms in total. The number of rotatable bonds is 4. The summed E-state index contributed by atoms with van der Waals surface area (Å²) in [6.45, 7) is 4.85. The maximum atomic E-state index is 12.4. The van der Waals surface area contributed by atoms with Crippen LogP contribution in [0.3, 0.4) is 0 Å². The maximum absolute atomic E-state index is 12.4. The summed E-state index contributed by atoms with van der Waals surface area (Å²) < 4.78 is 0. The second-order valence-corrected chi connectivity index (χ2v) is 7.11. The first-order valence-corrected chi connectivity index (χ1v) is 9.22. The van der Waals surface area contributed by atoms with E-state index in [9.17, 15) is 9.90 Å². The molecule has 0 bridgehead atoms. The molecule has 132 valence electrons. The number of nitrogens with one attached hydrogen (secondary N) is 2. The van der Waals surface area contributed by atoms with Crippen molar-refractivity contribution in [3.8, 4) is 5.75 Å². The molecule has 0 radical (unpaired) electrons. The topological polar surface area (TPSA) is 64.6 Å². The highest BCUT2D eigenvalue weighted by Gasteiger charge is 2.25. The standard InChI is InChI=1S/C19H29N3O2/c23-18-5-1-3-15(13-18)14-22-11-7-17(8-12-22)21-19(24)16-4-2-9-20-10-6-16/h1,3,5,13,16-17,20,23H,2,4,6-12,14H2,(H,21,24)/t16-/m1/s1. The predicted molar refractivity (Wildman–Crippen MR) is 94.8 cm³/mol. The average Bonchev–Trinajstić information content (AvgIpc) is 2.86. The Labute approximate surface area is 144 Å². The van der Waals surface area contributed by atoms with E-state index in [0.29, 0.717) is 11.8 Å². The van der Waals surface area contributed by atoms with Crippen molar-refractivity contribution in [2.24, 2.45) is 5.92 Å². The summed E-state index contributed by atoms with van der Waals surface area (Å²) in [6.07, 6.45) is 5.09. The van der Waals surface area contributed by atoms with Gasteiger partial charge in [0.25, 0.3) is 0 Å². The Balaban J connectivity index is 1.42. The largest absolute Gasteiger partial charge is 0.508 e. The molecule has 0 unspecified atom stereocenters. The van der Waals surface area contributed by atoms with Crippen LogP contribution in [0.5, 0.6) is 5.75 Å². The van der Waals surface area contributed by atoms with Crippen molar-refractivity contribution in [3.05, 3.63) is 29.8 Å². The zero-order chi connectivity index (χ0) is 16.8. The molecule has 0 saturated carbocycles. The SMILES string of the molecule is O=C(NC1CCN(Cc2cccc(O)c2)CC1)[C@@H]1CCCNCC1. The lowest BCUT2D eigenvalue weighted by molar-refractivity contribution is -0.126. The molecule has 2 aliphatic heterocycles. The molecule has 5 heteroatoms. The number of piperidine rings is 1. The smallest absolute Gasteiger partial charge is 0.223 e. The third kappa shape index (κ3) is 4.95. The van der Waals surface area contributed by atoms with Gasteiger partial charge < -0.3 is 15.7 Å². The maximum Gasteiger partial charge on any atom is 0.223 e. The normalized spacial score (nSPS) is 23.6. The Morgan fingerprint density at radius 3 is 2.83 bits per heavy atom. The first-order chi connectivity index (χ1) is 11.7. The summed E-state index contributed by atoms with van der Waals surface area (Å²) in [6, 6.07) is 7.78. The molecule has 0 aliphatic carbocycles. The first-order valence-electron chi connectivity index (χ1n) is 9.22. The molecule has 1 atom stereocenters. The third-order valence-corrected chi connectivity index (χ3v) is 5.20. The van der Waals surface area contributed by atoms with Crippen LogP contribution >= 0.6 is 0 Å². The highest BCUT2D eigenvalue weighted by molar-refractivity contribution is 5.79. The molecule has 2 saturated heterocycles. The number of nitrogens with zero attached hydrogens (tertiary/aromatic N) is 1. The fraction of sp³-hybridized carbons (Fsp3) is 0.632. The van der Waals surface area contributed by atoms with Crippen LogP contribution in [0.2, 0.25) is 0 Å². The highest BCUT2D eigenvalue weighted by Crippen LogP contribution is 2.18. The van der Waals surface area contributed by atoms with Crippen molar-refractivity contribution >= 4 is 5.91 Å². The number of hydrogen-bond donors (Lipinski definition) is 3. The summed E-state index contributed by atoms with van der Waals surface area (Å²) in [5.41, 5.74) is 1.14. The van der Waals surface area contributed by atoms with E-state index in [-0.39, 0.29) is 11.8 Å². The van der Waals surface area contributed by atoms with Gasteiger partial charge in [-0.25, -0.2) is 0 Å². The number of phenols is 1. The second kappa shape index (κ2) is 8.49. The van der Waals surface area contributed by atoms with Gasteiger partial charge in [0.2, 0.25) is 5.91 Å². The Morgan fingerprint density at radius 2 is 2.04 bits per heavy atom. The molecule has 2 fully saturated rings. The van der Waals surface area contributed by atoms with Gasteiger partial charge >= 0.3 is 0 Å². The molecule has 1 aromatic carbocycles. The minimum atomic E-state index is 0.185. The molecule has 1 amide bonds.